The van der Waals surface area contributed by atoms with Gasteiger partial charge in [0.05, 0.1) is 10.6 Å². The van der Waals surface area contributed by atoms with E-state index < -0.39 is 10.0 Å². The van der Waals surface area contributed by atoms with Gasteiger partial charge in [0.1, 0.15) is 0 Å². The molecule has 1 fully saturated rings. The zero-order chi connectivity index (χ0) is 19.4. The molecule has 7 nitrogen and oxygen atoms in total. The fraction of sp³-hybridized carbons (Fsp3) is 0.368. The minimum absolute atomic E-state index is 0.0259. The first-order valence-electron chi connectivity index (χ1n) is 8.94. The third kappa shape index (κ3) is 4.45. The highest BCUT2D eigenvalue weighted by Gasteiger charge is 2.29. The number of carbonyl (C=O) groups is 1. The average molecular weight is 388 g/mol. The number of nitrogens with two attached hydrogens (primary N) is 1. The van der Waals surface area contributed by atoms with Crippen molar-refractivity contribution >= 4 is 21.6 Å². The Morgan fingerprint density at radius 2 is 1.89 bits per heavy atom. The maximum atomic E-state index is 12.8. The lowest BCUT2D eigenvalue weighted by atomic mass is 9.92. The molecule has 8 heteroatoms. The van der Waals surface area contributed by atoms with Crippen molar-refractivity contribution in [1.29, 1.82) is 0 Å². The van der Waals surface area contributed by atoms with Gasteiger partial charge in [-0.15, -0.1) is 0 Å². The van der Waals surface area contributed by atoms with Crippen LogP contribution >= 0.6 is 0 Å². The summed E-state index contributed by atoms with van der Waals surface area (Å²) in [6, 6.07) is 9.16. The average Bonchev–Trinajstić information content (AvgIpc) is 2.68. The quantitative estimate of drug-likeness (QED) is 0.816. The van der Waals surface area contributed by atoms with E-state index in [1.807, 2.05) is 0 Å². The van der Waals surface area contributed by atoms with Gasteiger partial charge in [0.15, 0.2) is 0 Å². The number of nitrogens with one attached hydrogen (secondary N) is 1. The van der Waals surface area contributed by atoms with Gasteiger partial charge >= 0.3 is 0 Å². The molecule has 3 rings (SSSR count). The highest BCUT2D eigenvalue weighted by Crippen LogP contribution is 2.24. The first-order chi connectivity index (χ1) is 12.9. The summed E-state index contributed by atoms with van der Waals surface area (Å²) in [5.41, 5.74) is 6.73. The molecule has 1 aliphatic rings. The van der Waals surface area contributed by atoms with E-state index in [0.29, 0.717) is 30.3 Å². The molecule has 27 heavy (non-hydrogen) atoms. The molecule has 1 amide bonds. The van der Waals surface area contributed by atoms with E-state index in [9.17, 15) is 13.2 Å². The lowest BCUT2D eigenvalue weighted by Crippen LogP contribution is -2.49. The molecule has 2 aromatic rings. The predicted octanol–water partition coefficient (Wildman–Crippen LogP) is 2.08. The largest absolute Gasteiger partial charge is 0.334 e. The number of hydrogen-bond acceptors (Lipinski definition) is 5. The molecule has 0 spiro atoms. The second-order valence-electron chi connectivity index (χ2n) is 6.88. The lowest BCUT2D eigenvalue weighted by Gasteiger charge is -2.38. The molecule has 0 bridgehead atoms. The molecule has 1 aliphatic heterocycles. The summed E-state index contributed by atoms with van der Waals surface area (Å²) in [5, 5.41) is 0. The topological polar surface area (TPSA) is 105 Å². The van der Waals surface area contributed by atoms with Gasteiger partial charge in [-0.2, -0.15) is 0 Å². The van der Waals surface area contributed by atoms with E-state index in [2.05, 4.69) is 16.6 Å². The molecular weight excluding hydrogens is 364 g/mol. The number of carbonyl (C=O) groups excluding carboxylic acids is 1. The van der Waals surface area contributed by atoms with Gasteiger partial charge in [0, 0.05) is 37.1 Å². The van der Waals surface area contributed by atoms with Crippen molar-refractivity contribution in [3.05, 3.63) is 54.4 Å². The molecule has 3 N–H and O–H groups in total. The van der Waals surface area contributed by atoms with E-state index in [1.165, 1.54) is 24.5 Å². The summed E-state index contributed by atoms with van der Waals surface area (Å²) in [4.78, 5) is 18.6. The highest BCUT2D eigenvalue weighted by atomic mass is 32.2. The second-order valence-corrected chi connectivity index (χ2v) is 8.57. The Bertz CT molecular complexity index is 885. The van der Waals surface area contributed by atoms with Crippen molar-refractivity contribution in [2.75, 3.05) is 17.8 Å². The normalized spacial score (nSPS) is 20.3. The van der Waals surface area contributed by atoms with Crippen LogP contribution in [0.2, 0.25) is 0 Å². The molecule has 0 saturated carbocycles. The van der Waals surface area contributed by atoms with E-state index in [0.717, 1.165) is 12.8 Å². The summed E-state index contributed by atoms with van der Waals surface area (Å²) in [6.07, 6.45) is 4.86. The summed E-state index contributed by atoms with van der Waals surface area (Å²) >= 11 is 0. The van der Waals surface area contributed by atoms with E-state index in [4.69, 9.17) is 5.73 Å². The molecular formula is C19H24N4O3S. The Hall–Kier alpha value is -2.45. The van der Waals surface area contributed by atoms with Crippen LogP contribution in [0, 0.1) is 5.92 Å². The molecule has 2 unspecified atom stereocenters. The first-order valence-corrected chi connectivity index (χ1v) is 10.4. The number of hydrogen-bond donors (Lipinski definition) is 2. The molecule has 1 aromatic heterocycles. The smallest absolute Gasteiger partial charge is 0.261 e. The fourth-order valence-electron chi connectivity index (χ4n) is 3.32. The highest BCUT2D eigenvalue weighted by molar-refractivity contribution is 7.92. The maximum Gasteiger partial charge on any atom is 0.261 e. The zero-order valence-corrected chi connectivity index (χ0v) is 16.0. The van der Waals surface area contributed by atoms with Crippen LogP contribution in [0.5, 0.6) is 0 Å². The Morgan fingerprint density at radius 3 is 2.52 bits per heavy atom. The summed E-state index contributed by atoms with van der Waals surface area (Å²) in [7, 11) is -3.73. The van der Waals surface area contributed by atoms with Crippen LogP contribution in [-0.4, -0.2) is 43.3 Å². The van der Waals surface area contributed by atoms with Crippen molar-refractivity contribution < 1.29 is 13.2 Å². The third-order valence-electron chi connectivity index (χ3n) is 4.86. The number of anilines is 1. The van der Waals surface area contributed by atoms with Gasteiger partial charge in [0.2, 0.25) is 0 Å². The van der Waals surface area contributed by atoms with Gasteiger partial charge in [-0.1, -0.05) is 6.92 Å². The minimum Gasteiger partial charge on any atom is -0.334 e. The molecule has 2 heterocycles. The number of pyridine rings is 1. The monoisotopic (exact) mass is 388 g/mol. The Kier molecular flexibility index (Phi) is 5.76. The Balaban J connectivity index is 1.75. The number of sulfonamides is 1. The van der Waals surface area contributed by atoms with E-state index >= 15 is 0 Å². The van der Waals surface area contributed by atoms with Crippen molar-refractivity contribution in [2.45, 2.75) is 30.7 Å². The predicted molar refractivity (Wildman–Crippen MR) is 104 cm³/mol. The lowest BCUT2D eigenvalue weighted by molar-refractivity contribution is 0.0573. The summed E-state index contributed by atoms with van der Waals surface area (Å²) in [6.45, 7) is 3.27. The van der Waals surface area contributed by atoms with Crippen LogP contribution in [0.25, 0.3) is 0 Å². The second kappa shape index (κ2) is 8.06. The summed E-state index contributed by atoms with van der Waals surface area (Å²) < 4.78 is 27.4. The van der Waals surface area contributed by atoms with E-state index in [1.54, 1.807) is 29.2 Å². The SMILES string of the molecule is CC1CCN(C(=O)c2ccc(S(=O)(=O)Nc3ccncc3)cc2)C(CN)C1. The molecule has 144 valence electrons. The number of aromatic nitrogens is 1. The van der Waals surface area contributed by atoms with Crippen LogP contribution in [0.15, 0.2) is 53.7 Å². The van der Waals surface area contributed by atoms with Crippen molar-refractivity contribution in [3.63, 3.8) is 0 Å². The summed E-state index contributed by atoms with van der Waals surface area (Å²) in [5.74, 6) is 0.442. The number of rotatable bonds is 5. The molecule has 1 saturated heterocycles. The third-order valence-corrected chi connectivity index (χ3v) is 6.25. The maximum absolute atomic E-state index is 12.8. The van der Waals surface area contributed by atoms with Crippen molar-refractivity contribution in [1.82, 2.24) is 9.88 Å². The van der Waals surface area contributed by atoms with Crippen LogP contribution in [0.3, 0.4) is 0 Å². The minimum atomic E-state index is -3.73. The molecule has 0 aliphatic carbocycles. The number of amides is 1. The molecule has 0 radical (unpaired) electrons. The van der Waals surface area contributed by atoms with Gasteiger partial charge in [-0.05, 0) is 55.2 Å². The first kappa shape index (κ1) is 19.3. The van der Waals surface area contributed by atoms with Gasteiger partial charge in [-0.25, -0.2) is 8.42 Å². The van der Waals surface area contributed by atoms with Gasteiger partial charge in [-0.3, -0.25) is 14.5 Å². The molecule has 2 atom stereocenters. The van der Waals surface area contributed by atoms with Crippen LogP contribution in [0.1, 0.15) is 30.1 Å². The number of benzene rings is 1. The van der Waals surface area contributed by atoms with Crippen LogP contribution in [-0.2, 0) is 10.0 Å². The number of piperidine rings is 1. The Labute approximate surface area is 159 Å². The van der Waals surface area contributed by atoms with Gasteiger partial charge in [0.25, 0.3) is 15.9 Å². The van der Waals surface area contributed by atoms with Crippen molar-refractivity contribution in [2.24, 2.45) is 11.7 Å². The van der Waals surface area contributed by atoms with Gasteiger partial charge < -0.3 is 10.6 Å². The Morgan fingerprint density at radius 1 is 1.22 bits per heavy atom. The van der Waals surface area contributed by atoms with Crippen LogP contribution < -0.4 is 10.5 Å². The van der Waals surface area contributed by atoms with Crippen molar-refractivity contribution in [3.8, 4) is 0 Å². The number of likely N-dealkylation sites (tertiary alicyclic amines) is 1. The van der Waals surface area contributed by atoms with Crippen LogP contribution in [0.4, 0.5) is 5.69 Å². The number of nitrogens with zero attached hydrogens (tertiary/aromatic N) is 2. The fourth-order valence-corrected chi connectivity index (χ4v) is 4.38. The van der Waals surface area contributed by atoms with E-state index in [-0.39, 0.29) is 16.8 Å². The zero-order valence-electron chi connectivity index (χ0n) is 15.2. The molecule has 1 aromatic carbocycles. The standard InChI is InChI=1S/C19H24N4O3S/c1-14-8-11-23(17(12-14)13-20)19(24)15-2-4-18(5-3-15)27(25,26)22-16-6-9-21-10-7-16/h2-7,9-10,14,17H,8,11-13,20H2,1H3,(H,21,22).